The monoisotopic (exact) mass is 248 g/mol. The molecule has 1 aromatic rings. The number of methoxy groups -OCH3 is 1. The molecule has 0 amide bonds. The van der Waals surface area contributed by atoms with Crippen molar-refractivity contribution in [3.8, 4) is 0 Å². The van der Waals surface area contributed by atoms with Gasteiger partial charge in [0.05, 0.1) is 13.5 Å². The highest BCUT2D eigenvalue weighted by Gasteiger charge is 2.08. The van der Waals surface area contributed by atoms with Crippen molar-refractivity contribution in [2.24, 2.45) is 0 Å². The van der Waals surface area contributed by atoms with Gasteiger partial charge in [0, 0.05) is 12.8 Å². The van der Waals surface area contributed by atoms with Crippen LogP contribution in [0.15, 0.2) is 24.3 Å². The summed E-state index contributed by atoms with van der Waals surface area (Å²) in [6.45, 7) is 2.13. The SMILES string of the molecule is CCCc1cccc(CC(=O)CCC(=O)OC)c1. The highest BCUT2D eigenvalue weighted by Crippen LogP contribution is 2.10. The van der Waals surface area contributed by atoms with Crippen LogP contribution in [0.25, 0.3) is 0 Å². The van der Waals surface area contributed by atoms with Crippen LogP contribution in [0.2, 0.25) is 0 Å². The molecule has 0 heterocycles. The van der Waals surface area contributed by atoms with Gasteiger partial charge in [0.15, 0.2) is 0 Å². The molecule has 3 nitrogen and oxygen atoms in total. The van der Waals surface area contributed by atoms with Crippen LogP contribution in [-0.2, 0) is 27.2 Å². The third-order valence-electron chi connectivity index (χ3n) is 2.77. The molecule has 0 aliphatic heterocycles. The van der Waals surface area contributed by atoms with Crippen LogP contribution in [0, 0.1) is 0 Å². The Bertz CT molecular complexity index is 410. The average molecular weight is 248 g/mol. The summed E-state index contributed by atoms with van der Waals surface area (Å²) in [6.07, 6.45) is 2.95. The van der Waals surface area contributed by atoms with Gasteiger partial charge >= 0.3 is 5.97 Å². The lowest BCUT2D eigenvalue weighted by Crippen LogP contribution is -2.08. The van der Waals surface area contributed by atoms with Crippen molar-refractivity contribution in [1.29, 1.82) is 0 Å². The minimum absolute atomic E-state index is 0.0778. The fourth-order valence-electron chi connectivity index (χ4n) is 1.84. The quantitative estimate of drug-likeness (QED) is 0.697. The maximum absolute atomic E-state index is 11.7. The predicted molar refractivity (Wildman–Crippen MR) is 70.4 cm³/mol. The highest BCUT2D eigenvalue weighted by molar-refractivity contribution is 5.84. The molecule has 18 heavy (non-hydrogen) atoms. The first-order valence-corrected chi connectivity index (χ1v) is 6.32. The molecular formula is C15H20O3. The molecule has 0 spiro atoms. The molecule has 0 aromatic heterocycles. The standard InChI is InChI=1S/C15H20O3/c1-3-5-12-6-4-7-13(10-12)11-14(16)8-9-15(17)18-2/h4,6-7,10H,3,5,8-9,11H2,1-2H3. The number of carbonyl (C=O) groups is 2. The van der Waals surface area contributed by atoms with Gasteiger partial charge in [-0.15, -0.1) is 0 Å². The second-order valence-electron chi connectivity index (χ2n) is 4.36. The number of rotatable bonds is 7. The van der Waals surface area contributed by atoms with Crippen molar-refractivity contribution in [3.63, 3.8) is 0 Å². The van der Waals surface area contributed by atoms with E-state index in [0.29, 0.717) is 6.42 Å². The summed E-state index contributed by atoms with van der Waals surface area (Å²) in [4.78, 5) is 22.6. The number of ketones is 1. The molecular weight excluding hydrogens is 228 g/mol. The zero-order valence-electron chi connectivity index (χ0n) is 11.1. The zero-order valence-corrected chi connectivity index (χ0v) is 11.1. The number of esters is 1. The van der Waals surface area contributed by atoms with Crippen molar-refractivity contribution in [1.82, 2.24) is 0 Å². The lowest BCUT2D eigenvalue weighted by atomic mass is 10.0. The molecule has 0 aliphatic carbocycles. The number of hydrogen-bond donors (Lipinski definition) is 0. The third kappa shape index (κ3) is 5.13. The summed E-state index contributed by atoms with van der Waals surface area (Å²) in [5.41, 5.74) is 2.28. The smallest absolute Gasteiger partial charge is 0.305 e. The summed E-state index contributed by atoms with van der Waals surface area (Å²) >= 11 is 0. The number of benzene rings is 1. The molecule has 0 N–H and O–H groups in total. The Morgan fingerprint density at radius 1 is 1.17 bits per heavy atom. The normalized spacial score (nSPS) is 10.1. The Hall–Kier alpha value is -1.64. The zero-order chi connectivity index (χ0) is 13.4. The third-order valence-corrected chi connectivity index (χ3v) is 2.77. The predicted octanol–water partition coefficient (Wildman–Crippen LogP) is 2.70. The van der Waals surface area contributed by atoms with Gasteiger partial charge in [0.2, 0.25) is 0 Å². The number of aryl methyl sites for hydroxylation is 1. The molecule has 1 rings (SSSR count). The van der Waals surface area contributed by atoms with E-state index in [1.807, 2.05) is 12.1 Å². The number of hydrogen-bond acceptors (Lipinski definition) is 3. The molecule has 3 heteroatoms. The van der Waals surface area contributed by atoms with E-state index < -0.39 is 0 Å². The number of ether oxygens (including phenoxy) is 1. The van der Waals surface area contributed by atoms with Crippen LogP contribution in [0.4, 0.5) is 0 Å². The molecule has 0 bridgehead atoms. The van der Waals surface area contributed by atoms with E-state index >= 15 is 0 Å². The maximum Gasteiger partial charge on any atom is 0.305 e. The summed E-state index contributed by atoms with van der Waals surface area (Å²) < 4.78 is 4.51. The van der Waals surface area contributed by atoms with Crippen molar-refractivity contribution < 1.29 is 14.3 Å². The Balaban J connectivity index is 2.48. The average Bonchev–Trinajstić information content (AvgIpc) is 2.37. The van der Waals surface area contributed by atoms with E-state index in [4.69, 9.17) is 0 Å². The summed E-state index contributed by atoms with van der Waals surface area (Å²) in [7, 11) is 1.33. The lowest BCUT2D eigenvalue weighted by molar-refractivity contribution is -0.141. The Morgan fingerprint density at radius 2 is 1.89 bits per heavy atom. The Kier molecular flexibility index (Phi) is 6.12. The second-order valence-corrected chi connectivity index (χ2v) is 4.36. The Morgan fingerprint density at radius 3 is 2.56 bits per heavy atom. The molecule has 0 fully saturated rings. The summed E-state index contributed by atoms with van der Waals surface area (Å²) in [5, 5.41) is 0. The van der Waals surface area contributed by atoms with Crippen molar-refractivity contribution in [2.45, 2.75) is 39.0 Å². The van der Waals surface area contributed by atoms with Gasteiger partial charge in [-0.2, -0.15) is 0 Å². The molecule has 1 aromatic carbocycles. The van der Waals surface area contributed by atoms with E-state index in [1.165, 1.54) is 12.7 Å². The van der Waals surface area contributed by atoms with Crippen LogP contribution in [0.1, 0.15) is 37.3 Å². The summed E-state index contributed by atoms with van der Waals surface area (Å²) in [5.74, 6) is -0.253. The van der Waals surface area contributed by atoms with E-state index in [-0.39, 0.29) is 24.6 Å². The number of Topliss-reactive ketones (excluding diaryl/α,β-unsaturated/α-hetero) is 1. The van der Waals surface area contributed by atoms with Gasteiger partial charge in [-0.3, -0.25) is 9.59 Å². The lowest BCUT2D eigenvalue weighted by Gasteiger charge is -2.04. The minimum atomic E-state index is -0.330. The largest absolute Gasteiger partial charge is 0.469 e. The van der Waals surface area contributed by atoms with Crippen LogP contribution in [-0.4, -0.2) is 18.9 Å². The fourth-order valence-corrected chi connectivity index (χ4v) is 1.84. The molecule has 0 atom stereocenters. The van der Waals surface area contributed by atoms with Gasteiger partial charge in [-0.1, -0.05) is 37.6 Å². The van der Waals surface area contributed by atoms with Gasteiger partial charge in [0.25, 0.3) is 0 Å². The van der Waals surface area contributed by atoms with E-state index in [0.717, 1.165) is 18.4 Å². The van der Waals surface area contributed by atoms with Gasteiger partial charge in [-0.25, -0.2) is 0 Å². The van der Waals surface area contributed by atoms with E-state index in [1.54, 1.807) is 0 Å². The van der Waals surface area contributed by atoms with Crippen LogP contribution < -0.4 is 0 Å². The summed E-state index contributed by atoms with van der Waals surface area (Å²) in [6, 6.07) is 8.08. The van der Waals surface area contributed by atoms with Crippen molar-refractivity contribution in [3.05, 3.63) is 35.4 Å². The molecule has 0 saturated carbocycles. The molecule has 0 radical (unpaired) electrons. The molecule has 0 aliphatic rings. The van der Waals surface area contributed by atoms with E-state index in [2.05, 4.69) is 23.8 Å². The number of carbonyl (C=O) groups excluding carboxylic acids is 2. The second kappa shape index (κ2) is 7.64. The maximum atomic E-state index is 11.7. The highest BCUT2D eigenvalue weighted by atomic mass is 16.5. The molecule has 0 saturated heterocycles. The molecule has 0 unspecified atom stereocenters. The van der Waals surface area contributed by atoms with Gasteiger partial charge < -0.3 is 4.74 Å². The van der Waals surface area contributed by atoms with Crippen LogP contribution in [0.3, 0.4) is 0 Å². The van der Waals surface area contributed by atoms with Gasteiger partial charge in [0.1, 0.15) is 5.78 Å². The van der Waals surface area contributed by atoms with Crippen LogP contribution >= 0.6 is 0 Å². The minimum Gasteiger partial charge on any atom is -0.469 e. The first-order valence-electron chi connectivity index (χ1n) is 6.32. The van der Waals surface area contributed by atoms with Crippen molar-refractivity contribution in [2.75, 3.05) is 7.11 Å². The Labute approximate surface area is 108 Å². The van der Waals surface area contributed by atoms with Crippen LogP contribution in [0.5, 0.6) is 0 Å². The van der Waals surface area contributed by atoms with Crippen molar-refractivity contribution >= 4 is 11.8 Å². The fraction of sp³-hybridized carbons (Fsp3) is 0.467. The van der Waals surface area contributed by atoms with E-state index in [9.17, 15) is 9.59 Å². The first-order chi connectivity index (χ1) is 8.65. The van der Waals surface area contributed by atoms with Gasteiger partial charge in [-0.05, 0) is 17.5 Å². The molecule has 98 valence electrons. The topological polar surface area (TPSA) is 43.4 Å². The first kappa shape index (κ1) is 14.4.